The number of anilines is 3. The van der Waals surface area contributed by atoms with Gasteiger partial charge in [-0.15, -0.1) is 0 Å². The summed E-state index contributed by atoms with van der Waals surface area (Å²) in [6.45, 7) is 1.08. The number of nitrogens with two attached hydrogens (primary N) is 1. The highest BCUT2D eigenvalue weighted by Crippen LogP contribution is 2.35. The first-order chi connectivity index (χ1) is 14.5. The lowest BCUT2D eigenvalue weighted by molar-refractivity contribution is -0.134. The molecule has 0 radical (unpaired) electrons. The number of carboxylic acid groups (broad SMARTS) is 1. The zero-order valence-electron chi connectivity index (χ0n) is 16.0. The van der Waals surface area contributed by atoms with E-state index in [0.717, 1.165) is 45.8 Å². The Labute approximate surface area is 170 Å². The summed E-state index contributed by atoms with van der Waals surface area (Å²) >= 11 is 0. The molecule has 0 aliphatic heterocycles. The van der Waals surface area contributed by atoms with E-state index >= 15 is 0 Å². The molecule has 2 aromatic carbocycles. The Balaban J connectivity index is 0.000000503. The minimum Gasteiger partial charge on any atom is -0.481 e. The van der Waals surface area contributed by atoms with Crippen LogP contribution in [-0.2, 0) is 4.79 Å². The third-order valence-corrected chi connectivity index (χ3v) is 4.19. The average molecular weight is 402 g/mol. The molecule has 3 heterocycles. The second-order valence-electron chi connectivity index (χ2n) is 6.45. The van der Waals surface area contributed by atoms with Gasteiger partial charge in [0.15, 0.2) is 0 Å². The van der Waals surface area contributed by atoms with E-state index in [4.69, 9.17) is 20.1 Å². The molecule has 30 heavy (non-hydrogen) atoms. The number of carbonyl (C=O) groups is 1. The molecule has 0 amide bonds. The number of fused-ring (bicyclic) bond motifs is 2. The minimum absolute atomic E-state index is 0.219. The third kappa shape index (κ3) is 4.04. The standard InChI is InChI=1S/C19H14N6O.C2H4O2/c20-19-21-6-5-17(24-19)23-13-7-12-10-22-25-18(12)14(9-13)16-8-11-3-1-2-4-15(11)26-16;1-2(3)4/h1-10H,(H,22,25)(H3,20,21,23,24);1H3,(H,3,4). The Bertz CT molecular complexity index is 1300. The number of furan rings is 1. The highest BCUT2D eigenvalue weighted by atomic mass is 16.4. The molecule has 9 heteroatoms. The van der Waals surface area contributed by atoms with Gasteiger partial charge in [-0.3, -0.25) is 9.89 Å². The first kappa shape index (κ1) is 18.9. The van der Waals surface area contributed by atoms with Gasteiger partial charge in [0, 0.05) is 35.1 Å². The van der Waals surface area contributed by atoms with Crippen LogP contribution in [-0.4, -0.2) is 31.2 Å². The first-order valence-electron chi connectivity index (χ1n) is 9.01. The summed E-state index contributed by atoms with van der Waals surface area (Å²) in [5, 5.41) is 19.9. The number of aromatic nitrogens is 4. The van der Waals surface area contributed by atoms with Crippen molar-refractivity contribution in [3.8, 4) is 11.3 Å². The van der Waals surface area contributed by atoms with Crippen LogP contribution in [0, 0.1) is 0 Å². The smallest absolute Gasteiger partial charge is 0.300 e. The lowest BCUT2D eigenvalue weighted by Crippen LogP contribution is -1.99. The van der Waals surface area contributed by atoms with Gasteiger partial charge in [0.05, 0.1) is 11.7 Å². The Morgan fingerprint density at radius 2 is 1.97 bits per heavy atom. The third-order valence-electron chi connectivity index (χ3n) is 4.19. The van der Waals surface area contributed by atoms with Crippen molar-refractivity contribution in [2.75, 3.05) is 11.1 Å². The molecular weight excluding hydrogens is 384 g/mol. The number of hydrogen-bond acceptors (Lipinski definition) is 7. The molecule has 0 aliphatic rings. The Morgan fingerprint density at radius 3 is 2.73 bits per heavy atom. The highest BCUT2D eigenvalue weighted by molar-refractivity contribution is 5.97. The lowest BCUT2D eigenvalue weighted by atomic mass is 10.1. The molecule has 0 aliphatic carbocycles. The minimum atomic E-state index is -0.833. The van der Waals surface area contributed by atoms with Gasteiger partial charge in [0.1, 0.15) is 17.2 Å². The number of hydrogen-bond donors (Lipinski definition) is 4. The zero-order chi connectivity index (χ0) is 21.1. The predicted octanol–water partition coefficient (Wildman–Crippen LogP) is 4.18. The number of carboxylic acids is 1. The highest BCUT2D eigenvalue weighted by Gasteiger charge is 2.13. The Hall–Kier alpha value is -4.40. The van der Waals surface area contributed by atoms with Gasteiger partial charge in [-0.2, -0.15) is 10.1 Å². The van der Waals surface area contributed by atoms with Crippen molar-refractivity contribution in [3.63, 3.8) is 0 Å². The van der Waals surface area contributed by atoms with Crippen molar-refractivity contribution in [1.29, 1.82) is 0 Å². The van der Waals surface area contributed by atoms with Crippen molar-refractivity contribution >= 4 is 45.3 Å². The van der Waals surface area contributed by atoms with Crippen LogP contribution >= 0.6 is 0 Å². The van der Waals surface area contributed by atoms with Crippen LogP contribution in [0.15, 0.2) is 65.3 Å². The number of benzene rings is 2. The normalized spacial score (nSPS) is 10.6. The van der Waals surface area contributed by atoms with Crippen molar-refractivity contribution < 1.29 is 14.3 Å². The van der Waals surface area contributed by atoms with Gasteiger partial charge in [0.25, 0.3) is 5.97 Å². The molecule has 0 fully saturated rings. The van der Waals surface area contributed by atoms with Crippen molar-refractivity contribution in [2.24, 2.45) is 0 Å². The van der Waals surface area contributed by atoms with Crippen LogP contribution in [0.4, 0.5) is 17.5 Å². The molecule has 9 nitrogen and oxygen atoms in total. The number of para-hydroxylation sites is 1. The second kappa shape index (κ2) is 7.92. The van der Waals surface area contributed by atoms with E-state index in [0.29, 0.717) is 5.82 Å². The SMILES string of the molecule is CC(=O)O.Nc1nccc(Nc2cc(-c3cc4ccccc4o3)c3[nH]ncc3c2)n1. The van der Waals surface area contributed by atoms with E-state index in [-0.39, 0.29) is 5.95 Å². The van der Waals surface area contributed by atoms with E-state index in [1.54, 1.807) is 18.5 Å². The van der Waals surface area contributed by atoms with E-state index < -0.39 is 5.97 Å². The summed E-state index contributed by atoms with van der Waals surface area (Å²) in [6, 6.07) is 15.7. The fourth-order valence-corrected chi connectivity index (χ4v) is 3.03. The monoisotopic (exact) mass is 402 g/mol. The van der Waals surface area contributed by atoms with E-state index in [9.17, 15) is 0 Å². The van der Waals surface area contributed by atoms with Gasteiger partial charge in [-0.05, 0) is 30.3 Å². The molecule has 0 bridgehead atoms. The van der Waals surface area contributed by atoms with E-state index in [1.807, 2.05) is 42.5 Å². The number of nitrogens with one attached hydrogen (secondary N) is 2. The van der Waals surface area contributed by atoms with Gasteiger partial charge in [-0.1, -0.05) is 18.2 Å². The summed E-state index contributed by atoms with van der Waals surface area (Å²) in [5.41, 5.74) is 9.19. The summed E-state index contributed by atoms with van der Waals surface area (Å²) in [7, 11) is 0. The summed E-state index contributed by atoms with van der Waals surface area (Å²) in [4.78, 5) is 17.1. The fourth-order valence-electron chi connectivity index (χ4n) is 3.03. The van der Waals surface area contributed by atoms with Gasteiger partial charge in [-0.25, -0.2) is 4.98 Å². The van der Waals surface area contributed by atoms with Gasteiger partial charge >= 0.3 is 0 Å². The number of H-pyrrole nitrogens is 1. The first-order valence-corrected chi connectivity index (χ1v) is 9.01. The van der Waals surface area contributed by atoms with E-state index in [1.165, 1.54) is 0 Å². The van der Waals surface area contributed by atoms with E-state index in [2.05, 4.69) is 25.5 Å². The molecule has 0 unspecified atom stereocenters. The van der Waals surface area contributed by atoms with Crippen LogP contribution in [0.5, 0.6) is 0 Å². The number of nitrogens with zero attached hydrogens (tertiary/aromatic N) is 3. The van der Waals surface area contributed by atoms with Gasteiger partial charge in [0.2, 0.25) is 5.95 Å². The Kier molecular flexibility index (Phi) is 5.00. The maximum Gasteiger partial charge on any atom is 0.300 e. The summed E-state index contributed by atoms with van der Waals surface area (Å²) < 4.78 is 6.03. The molecule has 5 rings (SSSR count). The van der Waals surface area contributed by atoms with Crippen LogP contribution in [0.2, 0.25) is 0 Å². The van der Waals surface area contributed by atoms with Crippen LogP contribution in [0.25, 0.3) is 33.2 Å². The van der Waals surface area contributed by atoms with Gasteiger partial charge < -0.3 is 20.6 Å². The largest absolute Gasteiger partial charge is 0.481 e. The molecule has 5 aromatic rings. The molecule has 5 N–H and O–H groups in total. The van der Waals surface area contributed by atoms with Crippen molar-refractivity contribution in [3.05, 3.63) is 60.9 Å². The molecule has 3 aromatic heterocycles. The predicted molar refractivity (Wildman–Crippen MR) is 114 cm³/mol. The summed E-state index contributed by atoms with van der Waals surface area (Å²) in [6.07, 6.45) is 3.39. The molecule has 0 saturated heterocycles. The Morgan fingerprint density at radius 1 is 1.17 bits per heavy atom. The number of aliphatic carboxylic acids is 1. The average Bonchev–Trinajstić information content (AvgIpc) is 3.33. The zero-order valence-corrected chi connectivity index (χ0v) is 16.0. The second-order valence-corrected chi connectivity index (χ2v) is 6.45. The van der Waals surface area contributed by atoms with Crippen LogP contribution in [0.1, 0.15) is 6.92 Å². The maximum absolute atomic E-state index is 9.00. The molecule has 0 atom stereocenters. The van der Waals surface area contributed by atoms with Crippen molar-refractivity contribution in [1.82, 2.24) is 20.2 Å². The van der Waals surface area contributed by atoms with Crippen molar-refractivity contribution in [2.45, 2.75) is 6.92 Å². The molecular formula is C21H18N6O3. The number of rotatable bonds is 3. The summed E-state index contributed by atoms with van der Waals surface area (Å²) in [5.74, 6) is 0.777. The number of aromatic amines is 1. The maximum atomic E-state index is 9.00. The molecule has 0 spiro atoms. The van der Waals surface area contributed by atoms with Crippen LogP contribution in [0.3, 0.4) is 0 Å². The molecule has 150 valence electrons. The lowest BCUT2D eigenvalue weighted by Gasteiger charge is -2.08. The fraction of sp³-hybridized carbons (Fsp3) is 0.0476. The van der Waals surface area contributed by atoms with Crippen LogP contribution < -0.4 is 11.1 Å². The number of nitrogen functional groups attached to an aromatic ring is 1. The molecule has 0 saturated carbocycles. The topological polar surface area (TPSA) is 143 Å². The quantitative estimate of drug-likeness (QED) is 0.352.